The number of nitrogens with zero attached hydrogens (tertiary/aromatic N) is 3. The molecule has 100 valence electrons. The Labute approximate surface area is 121 Å². The van der Waals surface area contributed by atoms with Crippen molar-refractivity contribution in [1.82, 2.24) is 0 Å². The minimum absolute atomic E-state index is 0.0495. The van der Waals surface area contributed by atoms with Crippen molar-refractivity contribution in [2.75, 3.05) is 0 Å². The molecule has 0 aliphatic heterocycles. The Kier molecular flexibility index (Phi) is 4.45. The van der Waals surface area contributed by atoms with Crippen LogP contribution < -0.4 is 0 Å². The number of aryl methyl sites for hydroxylation is 1. The van der Waals surface area contributed by atoms with E-state index in [1.54, 1.807) is 12.1 Å². The van der Waals surface area contributed by atoms with Gasteiger partial charge in [0, 0.05) is 20.3 Å². The molecule has 4 nitrogen and oxygen atoms in total. The predicted molar refractivity (Wildman–Crippen MR) is 80.6 cm³/mol. The van der Waals surface area contributed by atoms with Gasteiger partial charge in [-0.3, -0.25) is 4.79 Å². The number of ketones is 1. The van der Waals surface area contributed by atoms with E-state index in [-0.39, 0.29) is 5.78 Å². The minimum atomic E-state index is -0.0495. The van der Waals surface area contributed by atoms with E-state index in [1.165, 1.54) is 24.2 Å². The van der Waals surface area contributed by atoms with Crippen molar-refractivity contribution >= 4 is 23.2 Å². The first-order chi connectivity index (χ1) is 9.60. The number of carbonyl (C=O) groups is 1. The van der Waals surface area contributed by atoms with Crippen LogP contribution in [0.5, 0.6) is 0 Å². The molecule has 0 saturated heterocycles. The zero-order chi connectivity index (χ0) is 14.5. The topological polar surface area (TPSA) is 65.8 Å². The summed E-state index contributed by atoms with van der Waals surface area (Å²) < 4.78 is 0. The lowest BCUT2D eigenvalue weighted by atomic mass is 10.1. The van der Waals surface area contributed by atoms with Crippen LogP contribution in [-0.4, -0.2) is 5.78 Å². The maximum absolute atomic E-state index is 11.4. The lowest BCUT2D eigenvalue weighted by molar-refractivity contribution is 0.101. The van der Waals surface area contributed by atoms with Gasteiger partial charge in [0.15, 0.2) is 5.78 Å². The highest BCUT2D eigenvalue weighted by atomic mass is 32.2. The summed E-state index contributed by atoms with van der Waals surface area (Å²) in [6, 6.07) is 13.2. The molecule has 0 aromatic heterocycles. The van der Waals surface area contributed by atoms with Gasteiger partial charge in [-0.2, -0.15) is 0 Å². The van der Waals surface area contributed by atoms with Crippen molar-refractivity contribution in [3.05, 3.63) is 64.0 Å². The van der Waals surface area contributed by atoms with Crippen LogP contribution in [0.4, 0.5) is 5.69 Å². The Morgan fingerprint density at radius 2 is 2.05 bits per heavy atom. The van der Waals surface area contributed by atoms with Crippen molar-refractivity contribution in [3.63, 3.8) is 0 Å². The summed E-state index contributed by atoms with van der Waals surface area (Å²) in [4.78, 5) is 16.1. The van der Waals surface area contributed by atoms with Crippen LogP contribution in [0.25, 0.3) is 10.4 Å². The summed E-state index contributed by atoms with van der Waals surface area (Å²) in [5.74, 6) is -0.0495. The van der Waals surface area contributed by atoms with Gasteiger partial charge >= 0.3 is 0 Å². The molecule has 2 rings (SSSR count). The summed E-state index contributed by atoms with van der Waals surface area (Å²) in [5.41, 5.74) is 10.8. The van der Waals surface area contributed by atoms with E-state index in [4.69, 9.17) is 5.53 Å². The second kappa shape index (κ2) is 6.28. The van der Waals surface area contributed by atoms with Crippen LogP contribution in [0, 0.1) is 6.92 Å². The molecule has 0 radical (unpaired) electrons. The average Bonchev–Trinajstić information content (AvgIpc) is 2.41. The van der Waals surface area contributed by atoms with Crippen LogP contribution >= 0.6 is 11.8 Å². The van der Waals surface area contributed by atoms with Gasteiger partial charge in [0.1, 0.15) is 0 Å². The smallest absolute Gasteiger partial charge is 0.159 e. The monoisotopic (exact) mass is 283 g/mol. The van der Waals surface area contributed by atoms with Crippen LogP contribution in [0.15, 0.2) is 57.4 Å². The largest absolute Gasteiger partial charge is 0.295 e. The molecule has 0 aliphatic carbocycles. The lowest BCUT2D eigenvalue weighted by Gasteiger charge is -2.07. The van der Waals surface area contributed by atoms with Gasteiger partial charge in [-0.1, -0.05) is 40.6 Å². The Hall–Kier alpha value is -2.23. The molecule has 20 heavy (non-hydrogen) atoms. The molecule has 0 atom stereocenters. The Balaban J connectivity index is 2.40. The zero-order valence-electron chi connectivity index (χ0n) is 11.2. The third-order valence-corrected chi connectivity index (χ3v) is 3.79. The molecule has 5 heteroatoms. The van der Waals surface area contributed by atoms with Crippen LogP contribution in [0.2, 0.25) is 0 Å². The highest BCUT2D eigenvalue weighted by molar-refractivity contribution is 7.99. The van der Waals surface area contributed by atoms with Gasteiger partial charge in [-0.25, -0.2) is 0 Å². The van der Waals surface area contributed by atoms with Crippen molar-refractivity contribution in [1.29, 1.82) is 0 Å². The fraction of sp³-hybridized carbons (Fsp3) is 0.133. The number of hydrogen-bond donors (Lipinski definition) is 0. The number of azide groups is 1. The van der Waals surface area contributed by atoms with E-state index in [9.17, 15) is 4.79 Å². The van der Waals surface area contributed by atoms with Crippen LogP contribution in [0.3, 0.4) is 0 Å². The van der Waals surface area contributed by atoms with Gasteiger partial charge in [0.05, 0.1) is 5.69 Å². The molecule has 0 saturated carbocycles. The average molecular weight is 283 g/mol. The molecule has 0 unspecified atom stereocenters. The molecule has 0 amide bonds. The standard InChI is InChI=1S/C15H13N3OS/c1-10-4-3-5-13(8-10)20-15-7-6-12(11(2)19)9-14(15)17-18-16/h3-9H,1-2H3. The Bertz CT molecular complexity index is 706. The summed E-state index contributed by atoms with van der Waals surface area (Å²) in [6.45, 7) is 3.51. The maximum Gasteiger partial charge on any atom is 0.159 e. The van der Waals surface area contributed by atoms with E-state index in [2.05, 4.69) is 16.1 Å². The maximum atomic E-state index is 11.4. The first-order valence-electron chi connectivity index (χ1n) is 6.05. The Morgan fingerprint density at radius 1 is 1.25 bits per heavy atom. The van der Waals surface area contributed by atoms with E-state index >= 15 is 0 Å². The minimum Gasteiger partial charge on any atom is -0.295 e. The number of hydrogen-bond acceptors (Lipinski definition) is 3. The Morgan fingerprint density at radius 3 is 2.70 bits per heavy atom. The molecular formula is C15H13N3OS. The quantitative estimate of drug-likeness (QED) is 0.331. The van der Waals surface area contributed by atoms with E-state index < -0.39 is 0 Å². The van der Waals surface area contributed by atoms with Gasteiger partial charge in [0.25, 0.3) is 0 Å². The van der Waals surface area contributed by atoms with Crippen molar-refractivity contribution < 1.29 is 4.79 Å². The van der Waals surface area contributed by atoms with Crippen molar-refractivity contribution in [3.8, 4) is 0 Å². The van der Waals surface area contributed by atoms with Gasteiger partial charge < -0.3 is 0 Å². The molecule has 2 aromatic carbocycles. The summed E-state index contributed by atoms with van der Waals surface area (Å²) in [7, 11) is 0. The van der Waals surface area contributed by atoms with Crippen LogP contribution in [0.1, 0.15) is 22.8 Å². The second-order valence-electron chi connectivity index (χ2n) is 4.35. The first-order valence-corrected chi connectivity index (χ1v) is 6.86. The molecule has 0 bridgehead atoms. The molecule has 0 heterocycles. The van der Waals surface area contributed by atoms with Gasteiger partial charge in [0.2, 0.25) is 0 Å². The molecular weight excluding hydrogens is 270 g/mol. The van der Waals surface area contributed by atoms with Crippen molar-refractivity contribution in [2.24, 2.45) is 5.11 Å². The molecule has 0 aliphatic rings. The molecule has 0 fully saturated rings. The number of benzene rings is 2. The molecule has 0 spiro atoms. The number of rotatable bonds is 4. The van der Waals surface area contributed by atoms with Gasteiger partial charge in [-0.05, 0) is 43.6 Å². The van der Waals surface area contributed by atoms with Crippen LogP contribution in [-0.2, 0) is 0 Å². The summed E-state index contributed by atoms with van der Waals surface area (Å²) >= 11 is 1.51. The normalized spacial score (nSPS) is 9.90. The lowest BCUT2D eigenvalue weighted by Crippen LogP contribution is -1.91. The van der Waals surface area contributed by atoms with E-state index in [1.807, 2.05) is 31.2 Å². The predicted octanol–water partition coefficient (Wildman–Crippen LogP) is 5.29. The van der Waals surface area contributed by atoms with E-state index in [0.29, 0.717) is 11.3 Å². The van der Waals surface area contributed by atoms with E-state index in [0.717, 1.165) is 9.79 Å². The van der Waals surface area contributed by atoms with Gasteiger partial charge in [-0.15, -0.1) is 0 Å². The third-order valence-electron chi connectivity index (χ3n) is 2.74. The molecule has 2 aromatic rings. The fourth-order valence-electron chi connectivity index (χ4n) is 1.75. The number of Topliss-reactive ketones (excluding diaryl/α,β-unsaturated/α-hetero) is 1. The highest BCUT2D eigenvalue weighted by Crippen LogP contribution is 2.36. The first kappa shape index (κ1) is 14.2. The van der Waals surface area contributed by atoms with Crippen molar-refractivity contribution in [2.45, 2.75) is 23.6 Å². The fourth-order valence-corrected chi connectivity index (χ4v) is 2.74. The third kappa shape index (κ3) is 3.41. The summed E-state index contributed by atoms with van der Waals surface area (Å²) in [6.07, 6.45) is 0. The highest BCUT2D eigenvalue weighted by Gasteiger charge is 2.07. The number of carbonyl (C=O) groups excluding carboxylic acids is 1. The summed E-state index contributed by atoms with van der Waals surface area (Å²) in [5, 5.41) is 3.68. The molecule has 0 N–H and O–H groups in total. The zero-order valence-corrected chi connectivity index (χ0v) is 12.0. The second-order valence-corrected chi connectivity index (χ2v) is 5.46. The SMILES string of the molecule is CC(=O)c1ccc(Sc2cccc(C)c2)c(N=[N+]=[N-])c1.